The fourth-order valence-electron chi connectivity index (χ4n) is 3.07. The van der Waals surface area contributed by atoms with E-state index in [4.69, 9.17) is 9.97 Å². The third kappa shape index (κ3) is 2.17. The third-order valence-corrected chi connectivity index (χ3v) is 4.37. The summed E-state index contributed by atoms with van der Waals surface area (Å²) in [7, 11) is 1.93. The predicted molar refractivity (Wildman–Crippen MR) is 96.3 cm³/mol. The van der Waals surface area contributed by atoms with Crippen LogP contribution in [0.4, 0.5) is 4.39 Å². The van der Waals surface area contributed by atoms with E-state index in [1.54, 1.807) is 24.7 Å². The van der Waals surface area contributed by atoms with Crippen molar-refractivity contribution in [1.82, 2.24) is 29.1 Å². The van der Waals surface area contributed by atoms with Crippen LogP contribution in [-0.4, -0.2) is 29.1 Å². The Hall–Kier alpha value is -3.61. The van der Waals surface area contributed by atoms with Crippen molar-refractivity contribution < 1.29 is 4.39 Å². The normalized spacial score (nSPS) is 11.5. The lowest BCUT2D eigenvalue weighted by atomic mass is 10.1. The van der Waals surface area contributed by atoms with E-state index in [9.17, 15) is 4.39 Å². The minimum Gasteiger partial charge on any atom is -0.335 e. The van der Waals surface area contributed by atoms with Crippen LogP contribution in [0, 0.1) is 5.82 Å². The maximum Gasteiger partial charge on any atom is 0.238 e. The first-order valence-corrected chi connectivity index (χ1v) is 8.08. The van der Waals surface area contributed by atoms with E-state index in [-0.39, 0.29) is 5.82 Å². The Morgan fingerprint density at radius 2 is 1.81 bits per heavy atom. The summed E-state index contributed by atoms with van der Waals surface area (Å²) in [5.41, 5.74) is 3.82. The summed E-state index contributed by atoms with van der Waals surface area (Å²) in [6.07, 6.45) is 5.30. The van der Waals surface area contributed by atoms with Crippen molar-refractivity contribution in [3.8, 4) is 17.2 Å². The minimum atomic E-state index is -0.279. The van der Waals surface area contributed by atoms with Crippen molar-refractivity contribution in [3.05, 3.63) is 67.0 Å². The van der Waals surface area contributed by atoms with Crippen LogP contribution in [0.3, 0.4) is 0 Å². The van der Waals surface area contributed by atoms with Gasteiger partial charge in [-0.05, 0) is 42.5 Å². The highest BCUT2D eigenvalue weighted by atomic mass is 19.1. The van der Waals surface area contributed by atoms with Gasteiger partial charge in [-0.2, -0.15) is 4.98 Å². The second-order valence-electron chi connectivity index (χ2n) is 6.00. The summed E-state index contributed by atoms with van der Waals surface area (Å²) in [4.78, 5) is 18.0. The zero-order valence-electron chi connectivity index (χ0n) is 13.8. The van der Waals surface area contributed by atoms with Crippen LogP contribution < -0.4 is 0 Å². The maximum atomic E-state index is 13.3. The number of nitrogens with zero attached hydrogens (tertiary/aromatic N) is 6. The molecule has 0 aliphatic rings. The molecular weight excluding hydrogens is 331 g/mol. The fourth-order valence-corrected chi connectivity index (χ4v) is 3.07. The van der Waals surface area contributed by atoms with Crippen LogP contribution in [0.25, 0.3) is 39.4 Å². The summed E-state index contributed by atoms with van der Waals surface area (Å²) in [5.74, 6) is 0.216. The zero-order valence-corrected chi connectivity index (χ0v) is 13.8. The SMILES string of the molecule is Cn1ccc2c(-c3ccc(F)cc3)nc(-n3cnc4ncccc43)nc21. The largest absolute Gasteiger partial charge is 0.335 e. The van der Waals surface area contributed by atoms with E-state index in [1.165, 1.54) is 12.1 Å². The molecule has 0 spiro atoms. The van der Waals surface area contributed by atoms with E-state index in [0.717, 1.165) is 27.8 Å². The summed E-state index contributed by atoms with van der Waals surface area (Å²) in [6, 6.07) is 12.0. The number of pyridine rings is 1. The Kier molecular flexibility index (Phi) is 3.08. The number of halogens is 1. The number of imidazole rings is 1. The van der Waals surface area contributed by atoms with Gasteiger partial charge in [-0.15, -0.1) is 0 Å². The first-order chi connectivity index (χ1) is 12.7. The molecule has 0 saturated heterocycles. The molecular formula is C19H13FN6. The van der Waals surface area contributed by atoms with Gasteiger partial charge < -0.3 is 4.57 Å². The number of aromatic nitrogens is 6. The van der Waals surface area contributed by atoms with Crippen LogP contribution in [-0.2, 0) is 7.05 Å². The molecule has 5 rings (SSSR count). The van der Waals surface area contributed by atoms with E-state index in [1.807, 2.05) is 40.6 Å². The highest BCUT2D eigenvalue weighted by Gasteiger charge is 2.15. The van der Waals surface area contributed by atoms with Crippen LogP contribution in [0.2, 0.25) is 0 Å². The lowest BCUT2D eigenvalue weighted by Crippen LogP contribution is -2.03. The quantitative estimate of drug-likeness (QED) is 0.492. The Morgan fingerprint density at radius 1 is 0.962 bits per heavy atom. The average molecular weight is 344 g/mol. The second-order valence-corrected chi connectivity index (χ2v) is 6.00. The third-order valence-electron chi connectivity index (χ3n) is 4.37. The molecule has 7 heteroatoms. The molecule has 5 aromatic rings. The topological polar surface area (TPSA) is 61.4 Å². The highest BCUT2D eigenvalue weighted by Crippen LogP contribution is 2.28. The smallest absolute Gasteiger partial charge is 0.238 e. The van der Waals surface area contributed by atoms with Gasteiger partial charge in [0, 0.05) is 30.4 Å². The Bertz CT molecular complexity index is 1250. The monoisotopic (exact) mass is 344 g/mol. The minimum absolute atomic E-state index is 0.279. The van der Waals surface area contributed by atoms with E-state index < -0.39 is 0 Å². The van der Waals surface area contributed by atoms with Crippen LogP contribution in [0.1, 0.15) is 0 Å². The molecule has 6 nitrogen and oxygen atoms in total. The number of aryl methyl sites for hydroxylation is 1. The highest BCUT2D eigenvalue weighted by molar-refractivity contribution is 5.91. The lowest BCUT2D eigenvalue weighted by Gasteiger charge is -2.08. The van der Waals surface area contributed by atoms with Gasteiger partial charge in [-0.1, -0.05) is 0 Å². The molecule has 1 aromatic carbocycles. The molecule has 0 fully saturated rings. The zero-order chi connectivity index (χ0) is 17.7. The molecule has 0 radical (unpaired) electrons. The summed E-state index contributed by atoms with van der Waals surface area (Å²) in [6.45, 7) is 0. The molecule has 0 N–H and O–H groups in total. The van der Waals surface area contributed by atoms with Crippen molar-refractivity contribution in [2.75, 3.05) is 0 Å². The van der Waals surface area contributed by atoms with Gasteiger partial charge in [0.15, 0.2) is 5.65 Å². The Balaban J connectivity index is 1.81. The van der Waals surface area contributed by atoms with Gasteiger partial charge in [0.1, 0.15) is 17.8 Å². The van der Waals surface area contributed by atoms with Crippen LogP contribution in [0.15, 0.2) is 61.2 Å². The summed E-state index contributed by atoms with van der Waals surface area (Å²) in [5, 5.41) is 0.908. The second kappa shape index (κ2) is 5.45. The number of hydrogen-bond donors (Lipinski definition) is 0. The Morgan fingerprint density at radius 3 is 2.65 bits per heavy atom. The Labute approximate surface area is 147 Å². The molecule has 0 bridgehead atoms. The molecule has 126 valence electrons. The standard InChI is InChI=1S/C19H13FN6/c1-25-10-8-14-16(12-4-6-13(20)7-5-12)23-19(24-18(14)25)26-11-22-17-15(26)3-2-9-21-17/h2-11H,1H3. The molecule has 0 atom stereocenters. The van der Waals surface area contributed by atoms with Gasteiger partial charge in [-0.3, -0.25) is 4.57 Å². The number of hydrogen-bond acceptors (Lipinski definition) is 4. The fraction of sp³-hybridized carbons (Fsp3) is 0.0526. The molecule has 4 aromatic heterocycles. The van der Waals surface area contributed by atoms with Gasteiger partial charge in [0.25, 0.3) is 0 Å². The molecule has 0 amide bonds. The molecule has 0 saturated carbocycles. The number of fused-ring (bicyclic) bond motifs is 2. The summed E-state index contributed by atoms with van der Waals surface area (Å²) < 4.78 is 17.1. The van der Waals surface area contributed by atoms with Gasteiger partial charge in [0.05, 0.1) is 11.2 Å². The molecule has 26 heavy (non-hydrogen) atoms. The van der Waals surface area contributed by atoms with Crippen molar-refractivity contribution in [2.45, 2.75) is 0 Å². The van der Waals surface area contributed by atoms with Gasteiger partial charge in [-0.25, -0.2) is 19.3 Å². The van der Waals surface area contributed by atoms with Gasteiger partial charge >= 0.3 is 0 Å². The summed E-state index contributed by atoms with van der Waals surface area (Å²) >= 11 is 0. The molecule has 4 heterocycles. The first kappa shape index (κ1) is 14.7. The first-order valence-electron chi connectivity index (χ1n) is 8.08. The van der Waals surface area contributed by atoms with Crippen molar-refractivity contribution >= 4 is 22.2 Å². The van der Waals surface area contributed by atoms with Gasteiger partial charge in [0.2, 0.25) is 5.95 Å². The van der Waals surface area contributed by atoms with Crippen molar-refractivity contribution in [1.29, 1.82) is 0 Å². The molecule has 0 aliphatic heterocycles. The number of rotatable bonds is 2. The van der Waals surface area contributed by atoms with Crippen LogP contribution >= 0.6 is 0 Å². The lowest BCUT2D eigenvalue weighted by molar-refractivity contribution is 0.628. The molecule has 0 aliphatic carbocycles. The van der Waals surface area contributed by atoms with E-state index in [0.29, 0.717) is 11.6 Å². The van der Waals surface area contributed by atoms with Crippen LogP contribution in [0.5, 0.6) is 0 Å². The predicted octanol–water partition coefficient (Wildman–Crippen LogP) is 3.51. The maximum absolute atomic E-state index is 13.3. The van der Waals surface area contributed by atoms with Crippen molar-refractivity contribution in [3.63, 3.8) is 0 Å². The average Bonchev–Trinajstić information content (AvgIpc) is 3.26. The molecule has 0 unspecified atom stereocenters. The van der Waals surface area contributed by atoms with E-state index in [2.05, 4.69) is 9.97 Å². The van der Waals surface area contributed by atoms with E-state index >= 15 is 0 Å². The number of benzene rings is 1. The van der Waals surface area contributed by atoms with Crippen molar-refractivity contribution in [2.24, 2.45) is 7.05 Å².